The van der Waals surface area contributed by atoms with Crippen molar-refractivity contribution >= 4 is 22.4 Å². The van der Waals surface area contributed by atoms with Gasteiger partial charge in [0.15, 0.2) is 11.6 Å². The summed E-state index contributed by atoms with van der Waals surface area (Å²) in [6, 6.07) is 18.3. The molecular weight excluding hydrogens is 343 g/mol. The molecule has 3 rings (SSSR count). The van der Waals surface area contributed by atoms with E-state index in [0.717, 1.165) is 22.0 Å². The van der Waals surface area contributed by atoms with Crippen molar-refractivity contribution in [3.05, 3.63) is 72.0 Å². The number of carbonyl (C=O) groups is 1. The van der Waals surface area contributed by atoms with Gasteiger partial charge in [-0.1, -0.05) is 36.4 Å². The number of anilines is 1. The van der Waals surface area contributed by atoms with Crippen LogP contribution in [0.1, 0.15) is 12.5 Å². The van der Waals surface area contributed by atoms with Crippen molar-refractivity contribution in [1.82, 2.24) is 4.90 Å². The lowest BCUT2D eigenvalue weighted by atomic mass is 10.1. The van der Waals surface area contributed by atoms with E-state index in [1.807, 2.05) is 61.3 Å². The zero-order valence-electron chi connectivity index (χ0n) is 15.7. The first-order valence-corrected chi connectivity index (χ1v) is 8.80. The molecule has 0 saturated carbocycles. The van der Waals surface area contributed by atoms with E-state index < -0.39 is 5.82 Å². The first kappa shape index (κ1) is 18.9. The number of hydrogen-bond donors (Lipinski definition) is 1. The topological polar surface area (TPSA) is 41.6 Å². The number of benzene rings is 3. The third-order valence-corrected chi connectivity index (χ3v) is 4.71. The molecule has 140 valence electrons. The molecule has 27 heavy (non-hydrogen) atoms. The maximum absolute atomic E-state index is 13.9. The number of ether oxygens (including phenoxy) is 1. The first-order chi connectivity index (χ1) is 13.0. The molecule has 3 aromatic rings. The Kier molecular flexibility index (Phi) is 5.72. The number of fused-ring (bicyclic) bond motifs is 1. The largest absolute Gasteiger partial charge is 0.494 e. The van der Waals surface area contributed by atoms with Crippen LogP contribution in [0.2, 0.25) is 0 Å². The van der Waals surface area contributed by atoms with Crippen LogP contribution in [0.25, 0.3) is 10.8 Å². The molecule has 4 nitrogen and oxygen atoms in total. The second kappa shape index (κ2) is 8.18. The standard InChI is InChI=1S/C22H23FN2O2/c1-15(25(2)14-16-8-11-21(27-3)20(23)12-16)22(26)24-19-10-9-17-6-4-5-7-18(17)13-19/h4-13,15H,14H2,1-3H3,(H,24,26)/t15-/m0/s1. The minimum Gasteiger partial charge on any atom is -0.494 e. The number of nitrogens with zero attached hydrogens (tertiary/aromatic N) is 1. The molecule has 0 aromatic heterocycles. The molecule has 0 saturated heterocycles. The van der Waals surface area contributed by atoms with Crippen LogP contribution in [0.3, 0.4) is 0 Å². The monoisotopic (exact) mass is 366 g/mol. The quantitative estimate of drug-likeness (QED) is 0.701. The van der Waals surface area contributed by atoms with E-state index in [9.17, 15) is 9.18 Å². The Bertz CT molecular complexity index is 958. The number of likely N-dealkylation sites (N-methyl/N-ethyl adjacent to an activating group) is 1. The summed E-state index contributed by atoms with van der Waals surface area (Å²) >= 11 is 0. The average molecular weight is 366 g/mol. The van der Waals surface area contributed by atoms with Crippen molar-refractivity contribution in [3.8, 4) is 5.75 Å². The number of hydrogen-bond acceptors (Lipinski definition) is 3. The van der Waals surface area contributed by atoms with E-state index in [2.05, 4.69) is 5.32 Å². The van der Waals surface area contributed by atoms with E-state index in [-0.39, 0.29) is 17.7 Å². The number of carbonyl (C=O) groups excluding carboxylic acids is 1. The Labute approximate surface area is 158 Å². The summed E-state index contributed by atoms with van der Waals surface area (Å²) in [5.74, 6) is -0.304. The summed E-state index contributed by atoms with van der Waals surface area (Å²) in [4.78, 5) is 14.5. The molecule has 0 heterocycles. The normalized spacial score (nSPS) is 12.2. The van der Waals surface area contributed by atoms with Gasteiger partial charge in [-0.25, -0.2) is 4.39 Å². The molecule has 0 bridgehead atoms. The molecule has 1 N–H and O–H groups in total. The van der Waals surface area contributed by atoms with Gasteiger partial charge in [-0.3, -0.25) is 9.69 Å². The molecule has 1 amide bonds. The summed E-state index contributed by atoms with van der Waals surface area (Å²) in [5.41, 5.74) is 1.54. The fourth-order valence-corrected chi connectivity index (χ4v) is 2.95. The average Bonchev–Trinajstić information content (AvgIpc) is 2.67. The highest BCUT2D eigenvalue weighted by atomic mass is 19.1. The fraction of sp³-hybridized carbons (Fsp3) is 0.227. The molecular formula is C22H23FN2O2. The van der Waals surface area contributed by atoms with E-state index in [0.29, 0.717) is 6.54 Å². The van der Waals surface area contributed by atoms with Crippen molar-refractivity contribution in [2.45, 2.75) is 19.5 Å². The van der Waals surface area contributed by atoms with Gasteiger partial charge < -0.3 is 10.1 Å². The van der Waals surface area contributed by atoms with Gasteiger partial charge >= 0.3 is 0 Å². The lowest BCUT2D eigenvalue weighted by Crippen LogP contribution is -2.39. The molecule has 3 aromatic carbocycles. The molecule has 1 atom stereocenters. The van der Waals surface area contributed by atoms with Crippen molar-refractivity contribution in [2.24, 2.45) is 0 Å². The van der Waals surface area contributed by atoms with Gasteiger partial charge in [0.05, 0.1) is 13.2 Å². The Balaban J connectivity index is 1.65. The van der Waals surface area contributed by atoms with Crippen LogP contribution < -0.4 is 10.1 Å². The molecule has 0 spiro atoms. The first-order valence-electron chi connectivity index (χ1n) is 8.80. The lowest BCUT2D eigenvalue weighted by Gasteiger charge is -2.24. The van der Waals surface area contributed by atoms with Gasteiger partial charge in [-0.15, -0.1) is 0 Å². The van der Waals surface area contributed by atoms with Gasteiger partial charge in [0.25, 0.3) is 0 Å². The van der Waals surface area contributed by atoms with Crippen LogP contribution in [0.4, 0.5) is 10.1 Å². The minimum atomic E-state index is -0.406. The van der Waals surface area contributed by atoms with Gasteiger partial charge in [-0.05, 0) is 54.6 Å². The zero-order valence-corrected chi connectivity index (χ0v) is 15.7. The summed E-state index contributed by atoms with van der Waals surface area (Å²) in [5, 5.41) is 5.16. The van der Waals surface area contributed by atoms with E-state index in [1.165, 1.54) is 13.2 Å². The smallest absolute Gasteiger partial charge is 0.241 e. The number of nitrogens with one attached hydrogen (secondary N) is 1. The number of amides is 1. The van der Waals surface area contributed by atoms with Crippen LogP contribution in [-0.4, -0.2) is 31.0 Å². The number of methoxy groups -OCH3 is 1. The second-order valence-corrected chi connectivity index (χ2v) is 6.61. The molecule has 0 radical (unpaired) electrons. The number of rotatable bonds is 6. The van der Waals surface area contributed by atoms with E-state index >= 15 is 0 Å². The Hall–Kier alpha value is -2.92. The highest BCUT2D eigenvalue weighted by molar-refractivity contribution is 5.97. The molecule has 0 fully saturated rings. The van der Waals surface area contributed by atoms with Crippen LogP contribution in [0.5, 0.6) is 5.75 Å². The highest BCUT2D eigenvalue weighted by Crippen LogP contribution is 2.21. The van der Waals surface area contributed by atoms with Gasteiger partial charge in [0, 0.05) is 12.2 Å². The predicted molar refractivity (Wildman–Crippen MR) is 106 cm³/mol. The van der Waals surface area contributed by atoms with Crippen molar-refractivity contribution in [1.29, 1.82) is 0 Å². The van der Waals surface area contributed by atoms with Crippen LogP contribution >= 0.6 is 0 Å². The maximum Gasteiger partial charge on any atom is 0.241 e. The van der Waals surface area contributed by atoms with Gasteiger partial charge in [0.1, 0.15) is 0 Å². The second-order valence-electron chi connectivity index (χ2n) is 6.61. The fourth-order valence-electron chi connectivity index (χ4n) is 2.95. The lowest BCUT2D eigenvalue weighted by molar-refractivity contribution is -0.120. The predicted octanol–water partition coefficient (Wildman–Crippen LogP) is 4.45. The van der Waals surface area contributed by atoms with E-state index in [4.69, 9.17) is 4.74 Å². The van der Waals surface area contributed by atoms with E-state index in [1.54, 1.807) is 12.1 Å². The molecule has 0 aliphatic carbocycles. The molecule has 5 heteroatoms. The third-order valence-electron chi connectivity index (χ3n) is 4.71. The van der Waals surface area contributed by atoms with Crippen molar-refractivity contribution in [2.75, 3.05) is 19.5 Å². The Morgan fingerprint density at radius 1 is 1.11 bits per heavy atom. The Morgan fingerprint density at radius 2 is 1.85 bits per heavy atom. The van der Waals surface area contributed by atoms with Crippen LogP contribution in [0, 0.1) is 5.82 Å². The minimum absolute atomic E-state index is 0.109. The van der Waals surface area contributed by atoms with Gasteiger partial charge in [0.2, 0.25) is 5.91 Å². The van der Waals surface area contributed by atoms with Crippen molar-refractivity contribution < 1.29 is 13.9 Å². The number of halogens is 1. The summed E-state index contributed by atoms with van der Waals surface area (Å²) < 4.78 is 18.8. The van der Waals surface area contributed by atoms with Crippen LogP contribution in [0.15, 0.2) is 60.7 Å². The third kappa shape index (κ3) is 4.44. The van der Waals surface area contributed by atoms with Crippen LogP contribution in [-0.2, 0) is 11.3 Å². The highest BCUT2D eigenvalue weighted by Gasteiger charge is 2.19. The molecule has 0 unspecified atom stereocenters. The van der Waals surface area contributed by atoms with Crippen molar-refractivity contribution in [3.63, 3.8) is 0 Å². The summed E-state index contributed by atoms with van der Waals surface area (Å²) in [6.45, 7) is 2.28. The molecule has 0 aliphatic heterocycles. The SMILES string of the molecule is COc1ccc(CN(C)[C@@H](C)C(=O)Nc2ccc3ccccc3c2)cc1F. The molecule has 0 aliphatic rings. The van der Waals surface area contributed by atoms with Gasteiger partial charge in [-0.2, -0.15) is 0 Å². The zero-order chi connectivity index (χ0) is 19.4. The maximum atomic E-state index is 13.9. The Morgan fingerprint density at radius 3 is 2.56 bits per heavy atom. The summed E-state index contributed by atoms with van der Waals surface area (Å²) in [7, 11) is 3.27. The summed E-state index contributed by atoms with van der Waals surface area (Å²) in [6.07, 6.45) is 0.